The fraction of sp³-hybridized carbons (Fsp3) is 0.393. The van der Waals surface area contributed by atoms with Crippen LogP contribution in [0, 0.1) is 12.8 Å². The van der Waals surface area contributed by atoms with Crippen molar-refractivity contribution in [1.82, 2.24) is 9.21 Å². The van der Waals surface area contributed by atoms with Crippen molar-refractivity contribution in [3.05, 3.63) is 74.9 Å². The van der Waals surface area contributed by atoms with E-state index >= 15 is 0 Å². The number of halogens is 1. The first-order valence-electron chi connectivity index (χ1n) is 12.6. The van der Waals surface area contributed by atoms with Crippen molar-refractivity contribution in [2.45, 2.75) is 37.1 Å². The zero-order valence-corrected chi connectivity index (χ0v) is 23.8. The molecular weight excluding hydrogens is 544 g/mol. The van der Waals surface area contributed by atoms with Gasteiger partial charge in [-0.1, -0.05) is 11.6 Å². The van der Waals surface area contributed by atoms with Crippen LogP contribution in [0.5, 0.6) is 11.5 Å². The molecule has 1 amide bonds. The van der Waals surface area contributed by atoms with E-state index in [4.69, 9.17) is 21.1 Å². The average molecular weight is 575 g/mol. The largest absolute Gasteiger partial charge is 0.497 e. The second-order valence-corrected chi connectivity index (χ2v) is 13.1. The lowest BCUT2D eigenvalue weighted by atomic mass is 10.0. The highest BCUT2D eigenvalue weighted by atomic mass is 35.5. The van der Waals surface area contributed by atoms with Crippen LogP contribution < -0.4 is 9.47 Å². The van der Waals surface area contributed by atoms with Gasteiger partial charge in [-0.05, 0) is 97.1 Å². The van der Waals surface area contributed by atoms with Crippen molar-refractivity contribution in [3.63, 3.8) is 0 Å². The number of ether oxygens (including phenoxy) is 2. The van der Waals surface area contributed by atoms with Crippen LogP contribution in [0.2, 0.25) is 5.02 Å². The van der Waals surface area contributed by atoms with Crippen LogP contribution >= 0.6 is 22.9 Å². The zero-order chi connectivity index (χ0) is 26.9. The van der Waals surface area contributed by atoms with E-state index < -0.39 is 10.0 Å². The van der Waals surface area contributed by atoms with Crippen molar-refractivity contribution < 1.29 is 22.7 Å². The molecule has 10 heteroatoms. The second kappa shape index (κ2) is 11.3. The number of aryl methyl sites for hydroxylation is 1. The van der Waals surface area contributed by atoms with Crippen molar-refractivity contribution in [1.29, 1.82) is 0 Å². The summed E-state index contributed by atoms with van der Waals surface area (Å²) in [6.07, 6.45) is 2.69. The predicted molar refractivity (Wildman–Crippen MR) is 149 cm³/mol. The van der Waals surface area contributed by atoms with Gasteiger partial charge < -0.3 is 14.4 Å². The molecule has 0 radical (unpaired) electrons. The van der Waals surface area contributed by atoms with Gasteiger partial charge in [0.25, 0.3) is 0 Å². The van der Waals surface area contributed by atoms with Gasteiger partial charge in [-0.3, -0.25) is 4.79 Å². The van der Waals surface area contributed by atoms with Gasteiger partial charge in [-0.15, -0.1) is 11.3 Å². The number of fused-ring (bicyclic) bond motifs is 1. The van der Waals surface area contributed by atoms with E-state index in [-0.39, 0.29) is 35.9 Å². The number of nitrogens with zero attached hydrogens (tertiary/aromatic N) is 2. The first-order chi connectivity index (χ1) is 18.3. The monoisotopic (exact) mass is 574 g/mol. The van der Waals surface area contributed by atoms with Crippen LogP contribution in [0.1, 0.15) is 34.9 Å². The lowest BCUT2D eigenvalue weighted by molar-refractivity contribution is -0.135. The lowest BCUT2D eigenvalue weighted by Crippen LogP contribution is -2.48. The van der Waals surface area contributed by atoms with Crippen molar-refractivity contribution in [3.8, 4) is 11.5 Å². The Morgan fingerprint density at radius 3 is 2.55 bits per heavy atom. The highest BCUT2D eigenvalue weighted by Crippen LogP contribution is 2.36. The standard InChI is InChI=1S/C28H31ClN2O5S2/c1-19-15-22(7-10-25(19)29)36-18-26-24-12-14-37-27(24)11-13-31(26)28(32)17-30(16-20-3-4-20)38(33,34)23-8-5-21(35-2)6-9-23/h5-10,12,14-15,20,26H,3-4,11,13,16-18H2,1-2H3/t26-/m0/s1. The highest BCUT2D eigenvalue weighted by Gasteiger charge is 2.37. The van der Waals surface area contributed by atoms with Gasteiger partial charge in [0.15, 0.2) is 0 Å². The van der Waals surface area contributed by atoms with Crippen LogP contribution in [0.25, 0.3) is 0 Å². The molecule has 0 saturated heterocycles. The molecule has 202 valence electrons. The number of carbonyl (C=O) groups is 1. The first-order valence-corrected chi connectivity index (χ1v) is 15.3. The number of hydrogen-bond acceptors (Lipinski definition) is 6. The summed E-state index contributed by atoms with van der Waals surface area (Å²) >= 11 is 7.84. The topological polar surface area (TPSA) is 76.2 Å². The van der Waals surface area contributed by atoms with Gasteiger partial charge in [-0.25, -0.2) is 8.42 Å². The third-order valence-electron chi connectivity index (χ3n) is 7.12. The average Bonchev–Trinajstić information content (AvgIpc) is 3.61. The van der Waals surface area contributed by atoms with Gasteiger partial charge in [0.1, 0.15) is 18.1 Å². The summed E-state index contributed by atoms with van der Waals surface area (Å²) in [4.78, 5) is 16.9. The van der Waals surface area contributed by atoms with E-state index in [1.807, 2.05) is 30.5 Å². The second-order valence-electron chi connectivity index (χ2n) is 9.79. The SMILES string of the molecule is COc1ccc(S(=O)(=O)N(CC(=O)N2CCc3sccc3[C@@H]2COc2ccc(Cl)c(C)c2)CC2CC2)cc1. The van der Waals surface area contributed by atoms with E-state index in [0.717, 1.165) is 30.4 Å². The Bertz CT molecular complexity index is 1400. The molecule has 0 N–H and O–H groups in total. The maximum Gasteiger partial charge on any atom is 0.243 e. The molecule has 2 aliphatic rings. The Morgan fingerprint density at radius 1 is 1.13 bits per heavy atom. The van der Waals surface area contributed by atoms with Gasteiger partial charge in [0, 0.05) is 23.0 Å². The Labute approximate surface area is 233 Å². The molecule has 1 aliphatic heterocycles. The Hall–Kier alpha value is -2.59. The molecule has 1 fully saturated rings. The molecule has 1 aromatic heterocycles. The smallest absolute Gasteiger partial charge is 0.243 e. The lowest BCUT2D eigenvalue weighted by Gasteiger charge is -2.37. The molecule has 38 heavy (non-hydrogen) atoms. The third-order valence-corrected chi connectivity index (χ3v) is 10.4. The van der Waals surface area contributed by atoms with Gasteiger partial charge in [0.2, 0.25) is 15.9 Å². The molecule has 2 heterocycles. The number of hydrogen-bond donors (Lipinski definition) is 0. The molecule has 0 spiro atoms. The van der Waals surface area contributed by atoms with Crippen molar-refractivity contribution in [2.24, 2.45) is 5.92 Å². The molecule has 1 atom stereocenters. The molecule has 0 bridgehead atoms. The minimum atomic E-state index is -3.86. The summed E-state index contributed by atoms with van der Waals surface area (Å²) in [5, 5.41) is 2.70. The summed E-state index contributed by atoms with van der Waals surface area (Å²) in [5.41, 5.74) is 1.98. The normalized spacial score (nSPS) is 17.4. The fourth-order valence-corrected chi connectivity index (χ4v) is 7.24. The van der Waals surface area contributed by atoms with E-state index in [1.54, 1.807) is 34.4 Å². The molecule has 3 aromatic rings. The summed E-state index contributed by atoms with van der Waals surface area (Å²) < 4.78 is 39.9. The number of carbonyl (C=O) groups excluding carboxylic acids is 1. The highest BCUT2D eigenvalue weighted by molar-refractivity contribution is 7.89. The third kappa shape index (κ3) is 5.86. The Morgan fingerprint density at radius 2 is 1.87 bits per heavy atom. The molecular formula is C28H31ClN2O5S2. The number of sulfonamides is 1. The molecule has 1 saturated carbocycles. The van der Waals surface area contributed by atoms with E-state index in [1.165, 1.54) is 28.4 Å². The molecule has 1 aliphatic carbocycles. The zero-order valence-electron chi connectivity index (χ0n) is 21.4. The number of benzene rings is 2. The number of rotatable bonds is 10. The first kappa shape index (κ1) is 27.0. The number of methoxy groups -OCH3 is 1. The van der Waals surface area contributed by atoms with Crippen LogP contribution in [-0.4, -0.2) is 56.9 Å². The maximum absolute atomic E-state index is 13.8. The van der Waals surface area contributed by atoms with E-state index in [9.17, 15) is 13.2 Å². The van der Waals surface area contributed by atoms with Crippen LogP contribution in [-0.2, 0) is 21.2 Å². The number of thiophene rings is 1. The van der Waals surface area contributed by atoms with E-state index in [2.05, 4.69) is 0 Å². The van der Waals surface area contributed by atoms with Crippen LogP contribution in [0.15, 0.2) is 58.8 Å². The summed E-state index contributed by atoms with van der Waals surface area (Å²) in [7, 11) is -2.32. The van der Waals surface area contributed by atoms with Crippen LogP contribution in [0.3, 0.4) is 0 Å². The predicted octanol–water partition coefficient (Wildman–Crippen LogP) is 5.32. The summed E-state index contributed by atoms with van der Waals surface area (Å²) in [6, 6.07) is 13.5. The number of amides is 1. The Kier molecular flexibility index (Phi) is 8.00. The molecule has 0 unspecified atom stereocenters. The summed E-state index contributed by atoms with van der Waals surface area (Å²) in [6.45, 7) is 2.83. The quantitative estimate of drug-likeness (QED) is 0.327. The molecule has 7 nitrogen and oxygen atoms in total. The Balaban J connectivity index is 1.37. The minimum Gasteiger partial charge on any atom is -0.497 e. The fourth-order valence-electron chi connectivity index (χ4n) is 4.73. The summed E-state index contributed by atoms with van der Waals surface area (Å²) in [5.74, 6) is 1.32. The maximum atomic E-state index is 13.8. The van der Waals surface area contributed by atoms with Crippen molar-refractivity contribution in [2.75, 3.05) is 33.4 Å². The van der Waals surface area contributed by atoms with Crippen molar-refractivity contribution >= 4 is 38.9 Å². The molecule has 5 rings (SSSR count). The minimum absolute atomic E-state index is 0.156. The van der Waals surface area contributed by atoms with Gasteiger partial charge in [0.05, 0.1) is 24.6 Å². The van der Waals surface area contributed by atoms with Crippen LogP contribution in [0.4, 0.5) is 0 Å². The van der Waals surface area contributed by atoms with Gasteiger partial charge in [-0.2, -0.15) is 4.31 Å². The van der Waals surface area contributed by atoms with E-state index in [0.29, 0.717) is 29.6 Å². The van der Waals surface area contributed by atoms with Gasteiger partial charge >= 0.3 is 0 Å². The molecule has 2 aromatic carbocycles.